The summed E-state index contributed by atoms with van der Waals surface area (Å²) in [6, 6.07) is 0. The fourth-order valence-corrected chi connectivity index (χ4v) is 2.13. The first-order valence-corrected chi connectivity index (χ1v) is 4.80. The van der Waals surface area contributed by atoms with Crippen LogP contribution < -0.4 is 5.73 Å². The van der Waals surface area contributed by atoms with Crippen molar-refractivity contribution in [2.24, 2.45) is 5.73 Å². The number of halogens is 1. The van der Waals surface area contributed by atoms with Gasteiger partial charge in [-0.15, -0.1) is 23.7 Å². The van der Waals surface area contributed by atoms with Crippen molar-refractivity contribution in [2.45, 2.75) is 31.7 Å². The van der Waals surface area contributed by atoms with E-state index in [1.165, 1.54) is 6.42 Å². The van der Waals surface area contributed by atoms with Gasteiger partial charge in [0, 0.05) is 5.38 Å². The van der Waals surface area contributed by atoms with Crippen molar-refractivity contribution in [1.29, 1.82) is 0 Å². The van der Waals surface area contributed by atoms with Gasteiger partial charge in [-0.1, -0.05) is 0 Å². The average molecular weight is 205 g/mol. The average Bonchev–Trinajstić information content (AvgIpc) is 2.31. The van der Waals surface area contributed by atoms with Crippen LogP contribution in [0, 0.1) is 6.92 Å². The van der Waals surface area contributed by atoms with Gasteiger partial charge in [-0.3, -0.25) is 0 Å². The number of aromatic nitrogens is 1. The molecule has 1 aliphatic carbocycles. The minimum atomic E-state index is -0.0647. The maximum absolute atomic E-state index is 6.08. The second-order valence-corrected chi connectivity index (χ2v) is 4.32. The molecule has 0 radical (unpaired) electrons. The van der Waals surface area contributed by atoms with Crippen LogP contribution >= 0.6 is 23.7 Å². The highest BCUT2D eigenvalue weighted by atomic mass is 35.5. The summed E-state index contributed by atoms with van der Waals surface area (Å²) in [5.41, 5.74) is 7.12. The van der Waals surface area contributed by atoms with Crippen molar-refractivity contribution in [2.75, 3.05) is 0 Å². The number of nitrogens with two attached hydrogens (primary N) is 1. The summed E-state index contributed by atoms with van der Waals surface area (Å²) in [6.07, 6.45) is 3.47. The van der Waals surface area contributed by atoms with Crippen LogP contribution in [-0.2, 0) is 5.54 Å². The topological polar surface area (TPSA) is 38.9 Å². The second kappa shape index (κ2) is 3.32. The number of aryl methyl sites for hydroxylation is 1. The Kier molecular flexibility index (Phi) is 2.76. The number of hydrogen-bond donors (Lipinski definition) is 1. The highest BCUT2D eigenvalue weighted by Crippen LogP contribution is 2.38. The number of rotatable bonds is 1. The smallest absolute Gasteiger partial charge is 0.0898 e. The Morgan fingerprint density at radius 3 is 2.58 bits per heavy atom. The Morgan fingerprint density at radius 2 is 2.25 bits per heavy atom. The van der Waals surface area contributed by atoms with E-state index in [2.05, 4.69) is 10.4 Å². The zero-order chi connectivity index (χ0) is 7.90. The Balaban J connectivity index is 0.000000720. The fraction of sp³-hybridized carbons (Fsp3) is 0.625. The van der Waals surface area contributed by atoms with Crippen molar-refractivity contribution in [1.82, 2.24) is 4.98 Å². The first kappa shape index (κ1) is 9.96. The maximum atomic E-state index is 6.08. The van der Waals surface area contributed by atoms with Gasteiger partial charge in [-0.25, -0.2) is 4.98 Å². The lowest BCUT2D eigenvalue weighted by Crippen LogP contribution is -2.43. The molecule has 1 aromatic rings. The monoisotopic (exact) mass is 204 g/mol. The van der Waals surface area contributed by atoms with Crippen LogP contribution in [0.25, 0.3) is 0 Å². The molecule has 0 atom stereocenters. The molecule has 0 aliphatic heterocycles. The molecule has 0 saturated heterocycles. The molecular weight excluding hydrogens is 192 g/mol. The number of thiazole rings is 1. The van der Waals surface area contributed by atoms with Crippen LogP contribution in [0.15, 0.2) is 5.38 Å². The zero-order valence-electron chi connectivity index (χ0n) is 7.04. The standard InChI is InChI=1S/C8H12N2S.ClH/c1-6-10-7(5-11-6)8(9)3-2-4-8;/h5H,2-4,9H2,1H3;1H. The third-order valence-electron chi connectivity index (χ3n) is 2.37. The van der Waals surface area contributed by atoms with Crippen LogP contribution in [0.5, 0.6) is 0 Å². The Morgan fingerprint density at radius 1 is 1.58 bits per heavy atom. The molecule has 2 N–H and O–H groups in total. The molecule has 1 aliphatic rings. The predicted octanol–water partition coefficient (Wildman–Crippen LogP) is 2.21. The van der Waals surface area contributed by atoms with Gasteiger partial charge in [-0.2, -0.15) is 0 Å². The molecule has 4 heteroatoms. The summed E-state index contributed by atoms with van der Waals surface area (Å²) >= 11 is 1.69. The van der Waals surface area contributed by atoms with Gasteiger partial charge in [0.15, 0.2) is 0 Å². The first-order valence-electron chi connectivity index (χ1n) is 3.92. The summed E-state index contributed by atoms with van der Waals surface area (Å²) in [5.74, 6) is 0. The van der Waals surface area contributed by atoms with E-state index in [9.17, 15) is 0 Å². The quantitative estimate of drug-likeness (QED) is 0.762. The van der Waals surface area contributed by atoms with Crippen LogP contribution in [0.1, 0.15) is 30.0 Å². The molecule has 68 valence electrons. The zero-order valence-corrected chi connectivity index (χ0v) is 8.67. The number of nitrogens with zero attached hydrogens (tertiary/aromatic N) is 1. The van der Waals surface area contributed by atoms with E-state index in [0.29, 0.717) is 0 Å². The van der Waals surface area contributed by atoms with E-state index in [1.54, 1.807) is 11.3 Å². The van der Waals surface area contributed by atoms with Crippen LogP contribution in [0.4, 0.5) is 0 Å². The van der Waals surface area contributed by atoms with Crippen molar-refractivity contribution < 1.29 is 0 Å². The van der Waals surface area contributed by atoms with Gasteiger partial charge in [0.05, 0.1) is 16.2 Å². The van der Waals surface area contributed by atoms with Crippen LogP contribution in [0.3, 0.4) is 0 Å². The Labute approximate surface area is 82.6 Å². The molecule has 0 amide bonds. The highest BCUT2D eigenvalue weighted by molar-refractivity contribution is 7.09. The second-order valence-electron chi connectivity index (χ2n) is 3.26. The third-order valence-corrected chi connectivity index (χ3v) is 3.15. The van der Waals surface area contributed by atoms with Crippen LogP contribution in [0.2, 0.25) is 0 Å². The molecule has 1 fully saturated rings. The first-order chi connectivity index (χ1) is 5.21. The van der Waals surface area contributed by atoms with Crippen molar-refractivity contribution in [3.05, 3.63) is 16.1 Å². The van der Waals surface area contributed by atoms with Gasteiger partial charge in [0.1, 0.15) is 0 Å². The van der Waals surface area contributed by atoms with Gasteiger partial charge < -0.3 is 5.73 Å². The molecule has 0 spiro atoms. The fourth-order valence-electron chi connectivity index (χ4n) is 1.41. The summed E-state index contributed by atoms with van der Waals surface area (Å²) in [5, 5.41) is 3.21. The van der Waals surface area contributed by atoms with Gasteiger partial charge in [0.25, 0.3) is 0 Å². The minimum absolute atomic E-state index is 0. The summed E-state index contributed by atoms with van der Waals surface area (Å²) in [4.78, 5) is 4.40. The molecule has 0 unspecified atom stereocenters. The lowest BCUT2D eigenvalue weighted by Gasteiger charge is -2.36. The maximum Gasteiger partial charge on any atom is 0.0898 e. The Bertz CT molecular complexity index is 268. The minimum Gasteiger partial charge on any atom is -0.320 e. The summed E-state index contributed by atoms with van der Waals surface area (Å²) < 4.78 is 0. The predicted molar refractivity (Wildman–Crippen MR) is 53.8 cm³/mol. The Hall–Kier alpha value is -0.120. The molecule has 1 saturated carbocycles. The van der Waals surface area contributed by atoms with Crippen molar-refractivity contribution in [3.8, 4) is 0 Å². The molecule has 1 heterocycles. The SMILES string of the molecule is Cc1nc(C2(N)CCC2)cs1.Cl. The molecule has 12 heavy (non-hydrogen) atoms. The molecular formula is C8H13ClN2S. The van der Waals surface area contributed by atoms with Gasteiger partial charge >= 0.3 is 0 Å². The molecule has 2 nitrogen and oxygen atoms in total. The van der Waals surface area contributed by atoms with E-state index in [-0.39, 0.29) is 17.9 Å². The van der Waals surface area contributed by atoms with E-state index in [1.807, 2.05) is 6.92 Å². The van der Waals surface area contributed by atoms with Gasteiger partial charge in [0.2, 0.25) is 0 Å². The van der Waals surface area contributed by atoms with E-state index in [0.717, 1.165) is 23.5 Å². The normalized spacial score (nSPS) is 19.5. The van der Waals surface area contributed by atoms with Gasteiger partial charge in [-0.05, 0) is 26.2 Å². The molecule has 2 rings (SSSR count). The third kappa shape index (κ3) is 1.49. The molecule has 0 bridgehead atoms. The van der Waals surface area contributed by atoms with Crippen molar-refractivity contribution in [3.63, 3.8) is 0 Å². The van der Waals surface area contributed by atoms with Crippen LogP contribution in [-0.4, -0.2) is 4.98 Å². The van der Waals surface area contributed by atoms with E-state index < -0.39 is 0 Å². The lowest BCUT2D eigenvalue weighted by atomic mass is 9.76. The van der Waals surface area contributed by atoms with Crippen molar-refractivity contribution >= 4 is 23.7 Å². The summed E-state index contributed by atoms with van der Waals surface area (Å²) in [7, 11) is 0. The molecule has 0 aromatic carbocycles. The molecule has 1 aromatic heterocycles. The lowest BCUT2D eigenvalue weighted by molar-refractivity contribution is 0.247. The number of hydrogen-bond acceptors (Lipinski definition) is 3. The van der Waals surface area contributed by atoms with E-state index >= 15 is 0 Å². The largest absolute Gasteiger partial charge is 0.320 e. The highest BCUT2D eigenvalue weighted by Gasteiger charge is 2.36. The summed E-state index contributed by atoms with van der Waals surface area (Å²) in [6.45, 7) is 2.02. The van der Waals surface area contributed by atoms with E-state index in [4.69, 9.17) is 5.73 Å².